The van der Waals surface area contributed by atoms with Crippen LogP contribution in [0.5, 0.6) is 5.75 Å². The number of fused-ring (bicyclic) bond motifs is 1. The van der Waals surface area contributed by atoms with Gasteiger partial charge in [0.2, 0.25) is 5.91 Å². The summed E-state index contributed by atoms with van der Waals surface area (Å²) in [5.74, 6) is 0.659. The Labute approximate surface area is 191 Å². The number of nitrogens with zero attached hydrogens (tertiary/aromatic N) is 1. The number of hydrogen-bond donors (Lipinski definition) is 2. The summed E-state index contributed by atoms with van der Waals surface area (Å²) in [6.45, 7) is 7.65. The first kappa shape index (κ1) is 23.5. The molecule has 0 saturated heterocycles. The number of cyclic esters (lactones) is 1. The smallest absolute Gasteiger partial charge is 0.412 e. The average Bonchev–Trinajstić information content (AvgIpc) is 2.70. The van der Waals surface area contributed by atoms with Crippen LogP contribution in [-0.2, 0) is 19.4 Å². The highest BCUT2D eigenvalue weighted by Crippen LogP contribution is 2.39. The molecular formula is C23H27N3O5S. The number of ether oxygens (including phenoxy) is 2. The number of hydrogen-bond acceptors (Lipinski definition) is 7. The minimum Gasteiger partial charge on any atom is -0.493 e. The number of benzene rings is 2. The van der Waals surface area contributed by atoms with Gasteiger partial charge in [0.1, 0.15) is 23.4 Å². The van der Waals surface area contributed by atoms with Gasteiger partial charge in [-0.15, -0.1) is 0 Å². The maximum absolute atomic E-state index is 11.7. The highest BCUT2D eigenvalue weighted by molar-refractivity contribution is 7.94. The van der Waals surface area contributed by atoms with Gasteiger partial charge in [-0.1, -0.05) is 5.16 Å². The Morgan fingerprint density at radius 2 is 2.03 bits per heavy atom. The molecule has 9 heteroatoms. The van der Waals surface area contributed by atoms with E-state index in [9.17, 15) is 9.59 Å². The van der Waals surface area contributed by atoms with Crippen molar-refractivity contribution in [1.82, 2.24) is 0 Å². The van der Waals surface area contributed by atoms with E-state index in [1.54, 1.807) is 18.3 Å². The zero-order valence-electron chi connectivity index (χ0n) is 18.6. The molecule has 0 spiro atoms. The summed E-state index contributed by atoms with van der Waals surface area (Å²) in [6.07, 6.45) is 2.73. The van der Waals surface area contributed by atoms with Crippen molar-refractivity contribution in [2.24, 2.45) is 5.16 Å². The highest BCUT2D eigenvalue weighted by Gasteiger charge is 2.34. The molecule has 2 amide bonds. The summed E-state index contributed by atoms with van der Waals surface area (Å²) in [4.78, 5) is 23.6. The summed E-state index contributed by atoms with van der Waals surface area (Å²) >= 11 is 1.14. The topological polar surface area (TPSA) is 98.3 Å². The van der Waals surface area contributed by atoms with E-state index in [1.807, 2.05) is 45.0 Å². The molecule has 2 aromatic carbocycles. The van der Waals surface area contributed by atoms with E-state index in [2.05, 4.69) is 15.8 Å². The SMILES string of the molecule is CC(=O)Nc1ccc(SON=CCCCOc2cc3c(cc2C)NC(=O)OC3(C)C)cc1. The van der Waals surface area contributed by atoms with E-state index in [0.29, 0.717) is 13.0 Å². The Hall–Kier alpha value is -3.20. The maximum Gasteiger partial charge on any atom is 0.412 e. The molecule has 32 heavy (non-hydrogen) atoms. The Morgan fingerprint density at radius 1 is 1.28 bits per heavy atom. The predicted octanol–water partition coefficient (Wildman–Crippen LogP) is 5.62. The average molecular weight is 458 g/mol. The van der Waals surface area contributed by atoms with Crippen LogP contribution in [0, 0.1) is 6.92 Å². The lowest BCUT2D eigenvalue weighted by molar-refractivity contribution is -0.114. The van der Waals surface area contributed by atoms with Crippen LogP contribution >= 0.6 is 12.0 Å². The van der Waals surface area contributed by atoms with E-state index < -0.39 is 11.7 Å². The zero-order chi connectivity index (χ0) is 23.1. The van der Waals surface area contributed by atoms with E-state index in [4.69, 9.17) is 13.8 Å². The van der Waals surface area contributed by atoms with Crippen molar-refractivity contribution in [2.45, 2.75) is 51.0 Å². The third-order valence-corrected chi connectivity index (χ3v) is 5.33. The van der Waals surface area contributed by atoms with Crippen LogP contribution < -0.4 is 15.4 Å². The molecule has 170 valence electrons. The molecule has 1 aliphatic rings. The number of anilines is 2. The van der Waals surface area contributed by atoms with Crippen LogP contribution in [0.15, 0.2) is 46.4 Å². The van der Waals surface area contributed by atoms with Crippen molar-refractivity contribution < 1.29 is 23.3 Å². The maximum atomic E-state index is 11.7. The number of unbranched alkanes of at least 4 members (excludes halogenated alkanes) is 1. The second kappa shape index (κ2) is 10.4. The molecule has 0 radical (unpaired) electrons. The lowest BCUT2D eigenvalue weighted by atomic mass is 9.93. The highest BCUT2D eigenvalue weighted by atomic mass is 32.2. The Bertz CT molecular complexity index is 1010. The van der Waals surface area contributed by atoms with Crippen molar-refractivity contribution >= 4 is 41.6 Å². The Morgan fingerprint density at radius 3 is 2.75 bits per heavy atom. The van der Waals surface area contributed by atoms with Crippen molar-refractivity contribution in [1.29, 1.82) is 0 Å². The first-order valence-corrected chi connectivity index (χ1v) is 11.0. The van der Waals surface area contributed by atoms with Crippen molar-refractivity contribution in [2.75, 3.05) is 17.2 Å². The lowest BCUT2D eigenvalue weighted by Gasteiger charge is -2.33. The summed E-state index contributed by atoms with van der Waals surface area (Å²) < 4.78 is 16.5. The van der Waals surface area contributed by atoms with E-state index in [0.717, 1.165) is 51.6 Å². The van der Waals surface area contributed by atoms with Gasteiger partial charge in [0.05, 0.1) is 17.2 Å². The fourth-order valence-corrected chi connectivity index (χ4v) is 3.61. The summed E-state index contributed by atoms with van der Waals surface area (Å²) in [6, 6.07) is 11.1. The second-order valence-electron chi connectivity index (χ2n) is 7.83. The van der Waals surface area contributed by atoms with Crippen LogP contribution in [0.1, 0.15) is 44.7 Å². The molecule has 0 unspecified atom stereocenters. The quantitative estimate of drug-likeness (QED) is 0.219. The fourth-order valence-electron chi connectivity index (χ4n) is 3.17. The molecule has 1 aliphatic heterocycles. The van der Waals surface area contributed by atoms with Gasteiger partial charge in [-0.2, -0.15) is 0 Å². The van der Waals surface area contributed by atoms with Crippen LogP contribution in [-0.4, -0.2) is 24.8 Å². The normalized spacial score (nSPS) is 14.3. The minimum atomic E-state index is -0.713. The Kier molecular flexibility index (Phi) is 7.63. The number of rotatable bonds is 9. The molecule has 2 N–H and O–H groups in total. The van der Waals surface area contributed by atoms with E-state index >= 15 is 0 Å². The van der Waals surface area contributed by atoms with Gasteiger partial charge in [0.25, 0.3) is 0 Å². The van der Waals surface area contributed by atoms with Crippen LogP contribution in [0.25, 0.3) is 0 Å². The number of amides is 2. The van der Waals surface area contributed by atoms with Crippen LogP contribution in [0.4, 0.5) is 16.2 Å². The number of carbonyl (C=O) groups excluding carboxylic acids is 2. The molecule has 0 aromatic heterocycles. The summed E-state index contributed by atoms with van der Waals surface area (Å²) in [5.41, 5.74) is 2.60. The van der Waals surface area contributed by atoms with Gasteiger partial charge < -0.3 is 19.1 Å². The standard InChI is InChI=1S/C23H27N3O5S/c1-15-13-20-19(23(3,4)30-22(28)26-20)14-21(15)29-12-6-5-11-24-31-32-18-9-7-17(8-10-18)25-16(2)27/h7-11,13-14H,5-6,12H2,1-4H3,(H,25,27)(H,26,28). The third kappa shape index (κ3) is 6.40. The number of oxime groups is 1. The largest absolute Gasteiger partial charge is 0.493 e. The molecule has 2 aromatic rings. The van der Waals surface area contributed by atoms with Gasteiger partial charge in [0, 0.05) is 24.4 Å². The van der Waals surface area contributed by atoms with E-state index in [-0.39, 0.29) is 5.91 Å². The first-order valence-electron chi connectivity index (χ1n) is 10.3. The molecule has 0 saturated carbocycles. The monoisotopic (exact) mass is 457 g/mol. The summed E-state index contributed by atoms with van der Waals surface area (Å²) in [7, 11) is 0. The van der Waals surface area contributed by atoms with Gasteiger partial charge in [0.15, 0.2) is 0 Å². The van der Waals surface area contributed by atoms with Gasteiger partial charge in [-0.05, 0) is 75.6 Å². The van der Waals surface area contributed by atoms with Gasteiger partial charge in [-0.3, -0.25) is 10.1 Å². The minimum absolute atomic E-state index is 0.108. The molecular weight excluding hydrogens is 430 g/mol. The zero-order valence-corrected chi connectivity index (χ0v) is 19.4. The number of aryl methyl sites for hydroxylation is 1. The lowest BCUT2D eigenvalue weighted by Crippen LogP contribution is -2.34. The Balaban J connectivity index is 1.40. The van der Waals surface area contributed by atoms with Crippen molar-refractivity contribution in [3.63, 3.8) is 0 Å². The van der Waals surface area contributed by atoms with Gasteiger partial charge >= 0.3 is 6.09 Å². The molecule has 0 fully saturated rings. The van der Waals surface area contributed by atoms with Gasteiger partial charge in [-0.25, -0.2) is 4.79 Å². The second-order valence-corrected chi connectivity index (χ2v) is 8.62. The molecule has 0 aliphatic carbocycles. The van der Waals surface area contributed by atoms with Crippen molar-refractivity contribution in [3.8, 4) is 5.75 Å². The molecule has 8 nitrogen and oxygen atoms in total. The van der Waals surface area contributed by atoms with Crippen molar-refractivity contribution in [3.05, 3.63) is 47.5 Å². The third-order valence-electron chi connectivity index (χ3n) is 4.71. The predicted molar refractivity (Wildman–Crippen MR) is 125 cm³/mol. The fraction of sp³-hybridized carbons (Fsp3) is 0.348. The van der Waals surface area contributed by atoms with E-state index in [1.165, 1.54) is 6.92 Å². The molecule has 0 bridgehead atoms. The first-order chi connectivity index (χ1) is 15.2. The molecule has 3 rings (SSSR count). The van der Waals surface area contributed by atoms with Crippen LogP contribution in [0.2, 0.25) is 0 Å². The van der Waals surface area contributed by atoms with Crippen LogP contribution in [0.3, 0.4) is 0 Å². The molecule has 1 heterocycles. The molecule has 0 atom stereocenters. The number of nitrogens with one attached hydrogen (secondary N) is 2. The number of carbonyl (C=O) groups is 2. The summed E-state index contributed by atoms with van der Waals surface area (Å²) in [5, 5.41) is 9.38.